The summed E-state index contributed by atoms with van der Waals surface area (Å²) in [5.41, 5.74) is 4.85. The molecule has 40 heavy (non-hydrogen) atoms. The highest BCUT2D eigenvalue weighted by atomic mass is 32.2. The van der Waals surface area contributed by atoms with Gasteiger partial charge >= 0.3 is 11.9 Å². The van der Waals surface area contributed by atoms with E-state index >= 15 is 0 Å². The molecule has 1 N–H and O–H groups in total. The lowest BCUT2D eigenvalue weighted by Crippen LogP contribution is -2.16. The van der Waals surface area contributed by atoms with Crippen LogP contribution in [0.5, 0.6) is 0 Å². The van der Waals surface area contributed by atoms with Gasteiger partial charge in [0, 0.05) is 27.9 Å². The number of hydrogen-bond acceptors (Lipinski definition) is 10. The van der Waals surface area contributed by atoms with Gasteiger partial charge in [0.05, 0.1) is 25.5 Å². The number of allylic oxidation sites excluding steroid dienone is 1. The van der Waals surface area contributed by atoms with Crippen molar-refractivity contribution in [1.29, 1.82) is 0 Å². The quantitative estimate of drug-likeness (QED) is 0.132. The average Bonchev–Trinajstić information content (AvgIpc) is 3.62. The minimum Gasteiger partial charge on any atom is -0.465 e. The van der Waals surface area contributed by atoms with Crippen LogP contribution in [0, 0.1) is 20.8 Å². The van der Waals surface area contributed by atoms with E-state index in [1.807, 2.05) is 4.57 Å². The second kappa shape index (κ2) is 12.6. The molecule has 0 unspecified atom stereocenters. The zero-order valence-electron chi connectivity index (χ0n) is 22.7. The molecule has 0 aliphatic carbocycles. The molecule has 1 aromatic carbocycles. The van der Waals surface area contributed by atoms with Crippen LogP contribution in [-0.2, 0) is 20.8 Å². The van der Waals surface area contributed by atoms with Crippen LogP contribution in [0.15, 0.2) is 47.5 Å². The number of hydrogen-bond donors (Lipinski definition) is 1. The van der Waals surface area contributed by atoms with Crippen LogP contribution in [0.4, 0.5) is 5.00 Å². The number of ether oxygens (including phenoxy) is 2. The second-order valence-electron chi connectivity index (χ2n) is 8.73. The van der Waals surface area contributed by atoms with Crippen molar-refractivity contribution in [2.45, 2.75) is 32.5 Å². The highest BCUT2D eigenvalue weighted by molar-refractivity contribution is 7.99. The number of amides is 1. The van der Waals surface area contributed by atoms with E-state index in [1.54, 1.807) is 24.3 Å². The van der Waals surface area contributed by atoms with Gasteiger partial charge in [0.25, 0.3) is 0 Å². The van der Waals surface area contributed by atoms with Crippen LogP contribution in [0.25, 0.3) is 22.5 Å². The first-order valence-electron chi connectivity index (χ1n) is 12.1. The maximum absolute atomic E-state index is 13.0. The Balaban J connectivity index is 1.58. The van der Waals surface area contributed by atoms with Gasteiger partial charge in [-0.25, -0.2) is 9.59 Å². The van der Waals surface area contributed by atoms with Crippen molar-refractivity contribution in [3.63, 3.8) is 0 Å². The Morgan fingerprint density at radius 2 is 1.77 bits per heavy atom. The van der Waals surface area contributed by atoms with Crippen LogP contribution in [0.3, 0.4) is 0 Å². The molecule has 0 atom stereocenters. The summed E-state index contributed by atoms with van der Waals surface area (Å²) in [5, 5.41) is 14.4. The Hall–Kier alpha value is -3.74. The number of thiophene rings is 2. The molecular formula is C28H28N4O5S3. The monoisotopic (exact) mass is 596 g/mol. The zero-order chi connectivity index (χ0) is 29.0. The topological polar surface area (TPSA) is 112 Å². The molecular weight excluding hydrogens is 569 g/mol. The van der Waals surface area contributed by atoms with Gasteiger partial charge in [0.1, 0.15) is 9.88 Å². The van der Waals surface area contributed by atoms with Crippen LogP contribution >= 0.6 is 34.4 Å². The molecule has 1 amide bonds. The molecule has 0 saturated heterocycles. The molecule has 0 bridgehead atoms. The lowest BCUT2D eigenvalue weighted by atomic mass is 10.0. The Bertz CT molecular complexity index is 1580. The van der Waals surface area contributed by atoms with Gasteiger partial charge in [-0.1, -0.05) is 47.7 Å². The van der Waals surface area contributed by atoms with Gasteiger partial charge in [-0.2, -0.15) is 0 Å². The number of aryl methyl sites for hydroxylation is 2. The summed E-state index contributed by atoms with van der Waals surface area (Å²) in [4.78, 5) is 38.9. The predicted octanol–water partition coefficient (Wildman–Crippen LogP) is 6.15. The van der Waals surface area contributed by atoms with Crippen molar-refractivity contribution in [3.05, 3.63) is 68.7 Å². The molecule has 9 nitrogen and oxygen atoms in total. The van der Waals surface area contributed by atoms with E-state index < -0.39 is 11.9 Å². The highest BCUT2D eigenvalue weighted by Gasteiger charge is 2.27. The third-order valence-electron chi connectivity index (χ3n) is 6.08. The fourth-order valence-corrected chi connectivity index (χ4v) is 6.86. The van der Waals surface area contributed by atoms with E-state index in [-0.39, 0.29) is 27.1 Å². The second-order valence-corrected chi connectivity index (χ2v) is 11.8. The Kier molecular flexibility index (Phi) is 9.23. The van der Waals surface area contributed by atoms with Crippen molar-refractivity contribution < 1.29 is 23.9 Å². The van der Waals surface area contributed by atoms with Crippen molar-refractivity contribution in [2.75, 3.05) is 25.3 Å². The predicted molar refractivity (Wildman–Crippen MR) is 160 cm³/mol. The van der Waals surface area contributed by atoms with E-state index in [0.717, 1.165) is 28.0 Å². The van der Waals surface area contributed by atoms with E-state index in [1.165, 1.54) is 36.4 Å². The third-order valence-corrected chi connectivity index (χ3v) is 9.14. The summed E-state index contributed by atoms with van der Waals surface area (Å²) < 4.78 is 11.6. The van der Waals surface area contributed by atoms with Gasteiger partial charge in [0.15, 0.2) is 11.0 Å². The maximum atomic E-state index is 13.0. The smallest absolute Gasteiger partial charge is 0.348 e. The minimum atomic E-state index is -0.655. The van der Waals surface area contributed by atoms with E-state index in [0.29, 0.717) is 23.1 Å². The number of thioether (sulfide) groups is 1. The fourth-order valence-electron chi connectivity index (χ4n) is 4.12. The van der Waals surface area contributed by atoms with Crippen LogP contribution in [-0.4, -0.2) is 52.6 Å². The van der Waals surface area contributed by atoms with Gasteiger partial charge < -0.3 is 14.8 Å². The number of benzene rings is 1. The molecule has 4 aromatic rings. The normalized spacial score (nSPS) is 10.8. The molecule has 208 valence electrons. The van der Waals surface area contributed by atoms with Crippen molar-refractivity contribution in [3.8, 4) is 22.5 Å². The largest absolute Gasteiger partial charge is 0.465 e. The molecule has 0 fully saturated rings. The molecule has 0 radical (unpaired) electrons. The SMILES string of the molecule is C=CCn1c(SCC(=O)Nc2sc(C(=O)OC)c(C)c2C(=O)OC)nnc1-c1csc(C)c1-c1ccc(C)cc1. The minimum absolute atomic E-state index is 0.00607. The molecule has 4 rings (SSSR count). The number of rotatable bonds is 10. The molecule has 0 aliphatic heterocycles. The maximum Gasteiger partial charge on any atom is 0.348 e. The third kappa shape index (κ3) is 5.88. The number of esters is 2. The van der Waals surface area contributed by atoms with Crippen molar-refractivity contribution >= 4 is 57.3 Å². The summed E-state index contributed by atoms with van der Waals surface area (Å²) in [6.07, 6.45) is 1.76. The Morgan fingerprint density at radius 3 is 2.42 bits per heavy atom. The lowest BCUT2D eigenvalue weighted by molar-refractivity contribution is -0.113. The first-order chi connectivity index (χ1) is 19.2. The molecule has 0 saturated carbocycles. The number of nitrogens with zero attached hydrogens (tertiary/aromatic N) is 3. The highest BCUT2D eigenvalue weighted by Crippen LogP contribution is 2.39. The number of anilines is 1. The van der Waals surface area contributed by atoms with Gasteiger partial charge in [-0.05, 0) is 31.9 Å². The van der Waals surface area contributed by atoms with E-state index in [9.17, 15) is 14.4 Å². The number of carbonyl (C=O) groups is 3. The van der Waals surface area contributed by atoms with Crippen LogP contribution in [0.2, 0.25) is 0 Å². The molecule has 12 heteroatoms. The van der Waals surface area contributed by atoms with E-state index in [2.05, 4.69) is 65.6 Å². The molecule has 0 spiro atoms. The first kappa shape index (κ1) is 29.2. The first-order valence-corrected chi connectivity index (χ1v) is 14.8. The Labute approximate surface area is 244 Å². The van der Waals surface area contributed by atoms with Gasteiger partial charge in [-0.15, -0.1) is 39.4 Å². The fraction of sp³-hybridized carbons (Fsp3) is 0.250. The summed E-state index contributed by atoms with van der Waals surface area (Å²) in [6.45, 7) is 10.1. The van der Waals surface area contributed by atoms with Crippen molar-refractivity contribution in [1.82, 2.24) is 14.8 Å². The molecule has 3 aromatic heterocycles. The van der Waals surface area contributed by atoms with Gasteiger partial charge in [0.2, 0.25) is 5.91 Å². The summed E-state index contributed by atoms with van der Waals surface area (Å²) in [7, 11) is 2.49. The summed E-state index contributed by atoms with van der Waals surface area (Å²) in [6, 6.07) is 8.37. The van der Waals surface area contributed by atoms with Crippen LogP contribution < -0.4 is 5.32 Å². The number of carbonyl (C=O) groups excluding carboxylic acids is 3. The molecule has 0 aliphatic rings. The number of nitrogens with one attached hydrogen (secondary N) is 1. The van der Waals surface area contributed by atoms with E-state index in [4.69, 9.17) is 9.47 Å². The summed E-state index contributed by atoms with van der Waals surface area (Å²) in [5.74, 6) is -0.950. The lowest BCUT2D eigenvalue weighted by Gasteiger charge is -2.10. The summed E-state index contributed by atoms with van der Waals surface area (Å²) >= 11 is 3.82. The number of aromatic nitrogens is 3. The molecule has 3 heterocycles. The Morgan fingerprint density at radius 1 is 1.07 bits per heavy atom. The van der Waals surface area contributed by atoms with Crippen molar-refractivity contribution in [2.24, 2.45) is 0 Å². The zero-order valence-corrected chi connectivity index (χ0v) is 25.1. The number of methoxy groups -OCH3 is 2. The average molecular weight is 597 g/mol. The van der Waals surface area contributed by atoms with Gasteiger partial charge in [-0.3, -0.25) is 9.36 Å². The standard InChI is InChI=1S/C28H28N4O5S3/c1-7-12-32-24(19-13-38-17(4)22(19)18-10-8-15(2)9-11-18)30-31-28(32)39-14-20(33)29-25-21(26(34)36-5)16(3)23(40-25)27(35)37-6/h7-11,13H,1,12,14H2,2-6H3,(H,29,33). The van der Waals surface area contributed by atoms with Crippen LogP contribution in [0.1, 0.15) is 36.0 Å².